The van der Waals surface area contributed by atoms with Crippen LogP contribution in [0.2, 0.25) is 0 Å². The third-order valence-electron chi connectivity index (χ3n) is 5.06. The molecule has 3 rings (SSSR count). The lowest BCUT2D eigenvalue weighted by molar-refractivity contribution is -0.385. The number of aromatic nitrogens is 2. The van der Waals surface area contributed by atoms with E-state index in [1.165, 1.54) is 36.4 Å². The highest BCUT2D eigenvalue weighted by Crippen LogP contribution is 2.28. The number of rotatable bonds is 4. The molecule has 28 heavy (non-hydrogen) atoms. The van der Waals surface area contributed by atoms with E-state index in [0.717, 1.165) is 23.9 Å². The number of carbonyl (C=O) groups excluding carboxylic acids is 1. The lowest BCUT2D eigenvalue weighted by Crippen LogP contribution is -2.36. The zero-order valence-corrected chi connectivity index (χ0v) is 16.8. The Morgan fingerprint density at radius 2 is 1.79 bits per heavy atom. The number of sulfonamides is 1. The summed E-state index contributed by atoms with van der Waals surface area (Å²) in [6.07, 6.45) is 2.60. The average Bonchev–Trinajstić information content (AvgIpc) is 2.96. The molecule has 2 heterocycles. The minimum Gasteiger partial charge on any atom is -0.267 e. The molecule has 9 nitrogen and oxygen atoms in total. The molecular formula is C18H22N4O5S. The minimum atomic E-state index is -3.76. The van der Waals surface area contributed by atoms with Crippen molar-refractivity contribution < 1.29 is 18.1 Å². The van der Waals surface area contributed by atoms with Crippen LogP contribution in [0, 0.1) is 30.9 Å². The Labute approximate surface area is 163 Å². The van der Waals surface area contributed by atoms with Gasteiger partial charge in [0.05, 0.1) is 21.9 Å². The number of carbonyl (C=O) groups is 1. The van der Waals surface area contributed by atoms with Crippen LogP contribution in [0.25, 0.3) is 0 Å². The van der Waals surface area contributed by atoms with E-state index in [4.69, 9.17) is 0 Å². The maximum Gasteiger partial charge on any atom is 0.278 e. The summed E-state index contributed by atoms with van der Waals surface area (Å²) in [6.45, 7) is 5.46. The molecule has 0 atom stereocenters. The third-order valence-corrected chi connectivity index (χ3v) is 7.21. The van der Waals surface area contributed by atoms with Gasteiger partial charge < -0.3 is 0 Å². The molecule has 0 saturated carbocycles. The van der Waals surface area contributed by atoms with Gasteiger partial charge in [0.1, 0.15) is 4.90 Å². The van der Waals surface area contributed by atoms with Crippen LogP contribution in [0.5, 0.6) is 0 Å². The Balaban J connectivity index is 2.06. The summed E-state index contributed by atoms with van der Waals surface area (Å²) in [6, 6.07) is 4.22. The Morgan fingerprint density at radius 1 is 1.14 bits per heavy atom. The maximum atomic E-state index is 13.1. The van der Waals surface area contributed by atoms with Crippen LogP contribution in [0.15, 0.2) is 23.1 Å². The molecule has 150 valence electrons. The van der Waals surface area contributed by atoms with Gasteiger partial charge in [-0.3, -0.25) is 14.9 Å². The van der Waals surface area contributed by atoms with Crippen LogP contribution in [0.3, 0.4) is 0 Å². The topological polar surface area (TPSA) is 115 Å². The van der Waals surface area contributed by atoms with Crippen molar-refractivity contribution >= 4 is 21.6 Å². The molecule has 10 heteroatoms. The van der Waals surface area contributed by atoms with E-state index in [9.17, 15) is 23.3 Å². The molecule has 1 aromatic heterocycles. The predicted molar refractivity (Wildman–Crippen MR) is 102 cm³/mol. The number of nitro benzene ring substituents is 1. The maximum absolute atomic E-state index is 13.1. The SMILES string of the molecule is Cc1nn(C(=O)c2cccc([N+](=O)[O-])c2C)c(C)c1S(=O)(=O)N1CCCCC1. The van der Waals surface area contributed by atoms with E-state index in [2.05, 4.69) is 5.10 Å². The molecule has 0 radical (unpaired) electrons. The van der Waals surface area contributed by atoms with Crippen molar-refractivity contribution in [2.75, 3.05) is 13.1 Å². The molecule has 1 fully saturated rings. The van der Waals surface area contributed by atoms with Gasteiger partial charge in [0.25, 0.3) is 11.6 Å². The fourth-order valence-corrected chi connectivity index (χ4v) is 5.47. The highest BCUT2D eigenvalue weighted by Gasteiger charge is 2.33. The Kier molecular flexibility index (Phi) is 5.35. The molecule has 1 aliphatic heterocycles. The van der Waals surface area contributed by atoms with E-state index in [1.807, 2.05) is 0 Å². The molecule has 0 aliphatic carbocycles. The van der Waals surface area contributed by atoms with Gasteiger partial charge in [0, 0.05) is 24.7 Å². The van der Waals surface area contributed by atoms with Crippen LogP contribution in [0.1, 0.15) is 46.6 Å². The smallest absolute Gasteiger partial charge is 0.267 e. The molecule has 0 unspecified atom stereocenters. The van der Waals surface area contributed by atoms with Crippen molar-refractivity contribution in [3.63, 3.8) is 0 Å². The van der Waals surface area contributed by atoms with E-state index in [1.54, 1.807) is 6.92 Å². The van der Waals surface area contributed by atoms with Gasteiger partial charge in [-0.1, -0.05) is 12.5 Å². The standard InChI is InChI=1S/C18H22N4O5S/c1-12-15(8-7-9-16(12)22(24)25)18(23)21-14(3)17(13(2)19-21)28(26,27)20-10-5-4-6-11-20/h7-9H,4-6,10-11H2,1-3H3. The molecule has 0 N–H and O–H groups in total. The fraction of sp³-hybridized carbons (Fsp3) is 0.444. The second-order valence-electron chi connectivity index (χ2n) is 6.89. The van der Waals surface area contributed by atoms with E-state index in [-0.39, 0.29) is 33.1 Å². The van der Waals surface area contributed by atoms with Crippen LogP contribution < -0.4 is 0 Å². The lowest BCUT2D eigenvalue weighted by atomic mass is 10.1. The number of hydrogen-bond donors (Lipinski definition) is 0. The second kappa shape index (κ2) is 7.44. The highest BCUT2D eigenvalue weighted by atomic mass is 32.2. The predicted octanol–water partition coefficient (Wildman–Crippen LogP) is 2.58. The summed E-state index contributed by atoms with van der Waals surface area (Å²) in [5.41, 5.74) is 0.597. The number of nitrogens with zero attached hydrogens (tertiary/aromatic N) is 4. The minimum absolute atomic E-state index is 0.0332. The molecule has 1 saturated heterocycles. The average molecular weight is 406 g/mol. The third kappa shape index (κ3) is 3.33. The van der Waals surface area contributed by atoms with Gasteiger partial charge in [0.15, 0.2) is 0 Å². The molecule has 0 bridgehead atoms. The van der Waals surface area contributed by atoms with E-state index >= 15 is 0 Å². The van der Waals surface area contributed by atoms with Crippen LogP contribution in [-0.2, 0) is 10.0 Å². The summed E-state index contributed by atoms with van der Waals surface area (Å²) in [7, 11) is -3.76. The van der Waals surface area contributed by atoms with Crippen molar-refractivity contribution in [3.05, 3.63) is 50.8 Å². The van der Waals surface area contributed by atoms with Gasteiger partial charge in [0.2, 0.25) is 10.0 Å². The van der Waals surface area contributed by atoms with E-state index in [0.29, 0.717) is 13.1 Å². The first kappa shape index (κ1) is 20.2. The lowest BCUT2D eigenvalue weighted by Gasteiger charge is -2.25. The zero-order chi connectivity index (χ0) is 20.6. The molecule has 1 aliphatic rings. The quantitative estimate of drug-likeness (QED) is 0.569. The Hall–Kier alpha value is -2.59. The first-order valence-electron chi connectivity index (χ1n) is 9.01. The number of aryl methyl sites for hydroxylation is 1. The summed E-state index contributed by atoms with van der Waals surface area (Å²) >= 11 is 0. The Bertz CT molecular complexity index is 1050. The second-order valence-corrected chi connectivity index (χ2v) is 8.76. The van der Waals surface area contributed by atoms with Crippen molar-refractivity contribution in [1.29, 1.82) is 0 Å². The summed E-state index contributed by atoms with van der Waals surface area (Å²) in [4.78, 5) is 23.6. The van der Waals surface area contributed by atoms with Crippen molar-refractivity contribution in [2.24, 2.45) is 0 Å². The fourth-order valence-electron chi connectivity index (χ4n) is 3.60. The summed E-state index contributed by atoms with van der Waals surface area (Å²) in [5.74, 6) is -0.595. The van der Waals surface area contributed by atoms with Crippen LogP contribution >= 0.6 is 0 Å². The summed E-state index contributed by atoms with van der Waals surface area (Å²) in [5, 5.41) is 15.3. The first-order chi connectivity index (χ1) is 13.2. The largest absolute Gasteiger partial charge is 0.278 e. The Morgan fingerprint density at radius 3 is 2.39 bits per heavy atom. The van der Waals surface area contributed by atoms with Crippen molar-refractivity contribution in [2.45, 2.75) is 44.9 Å². The highest BCUT2D eigenvalue weighted by molar-refractivity contribution is 7.89. The zero-order valence-electron chi connectivity index (χ0n) is 16.0. The van der Waals surface area contributed by atoms with Gasteiger partial charge >= 0.3 is 0 Å². The number of hydrogen-bond acceptors (Lipinski definition) is 6. The van der Waals surface area contributed by atoms with Crippen molar-refractivity contribution in [1.82, 2.24) is 14.1 Å². The monoisotopic (exact) mass is 406 g/mol. The van der Waals surface area contributed by atoms with Crippen molar-refractivity contribution in [3.8, 4) is 0 Å². The molecule has 0 amide bonds. The number of nitro groups is 1. The molecule has 1 aromatic carbocycles. The van der Waals surface area contributed by atoms with Gasteiger partial charge in [-0.15, -0.1) is 0 Å². The number of benzene rings is 1. The normalized spacial score (nSPS) is 15.5. The van der Waals surface area contributed by atoms with Crippen LogP contribution in [0.4, 0.5) is 5.69 Å². The van der Waals surface area contributed by atoms with Gasteiger partial charge in [-0.2, -0.15) is 14.1 Å². The van der Waals surface area contributed by atoms with Gasteiger partial charge in [-0.05, 0) is 39.7 Å². The molecular weight excluding hydrogens is 384 g/mol. The molecule has 2 aromatic rings. The van der Waals surface area contributed by atoms with E-state index < -0.39 is 20.9 Å². The molecule has 0 spiro atoms. The summed E-state index contributed by atoms with van der Waals surface area (Å²) < 4.78 is 28.6. The van der Waals surface area contributed by atoms with Crippen LogP contribution in [-0.4, -0.2) is 46.4 Å². The number of piperidine rings is 1. The van der Waals surface area contributed by atoms with Gasteiger partial charge in [-0.25, -0.2) is 8.42 Å². The first-order valence-corrected chi connectivity index (χ1v) is 10.5.